The van der Waals surface area contributed by atoms with Crippen LogP contribution in [0.4, 0.5) is 17.6 Å². The summed E-state index contributed by atoms with van der Waals surface area (Å²) in [6.45, 7) is 0. The molecule has 0 bridgehead atoms. The van der Waals surface area contributed by atoms with Crippen LogP contribution < -0.4 is 0 Å². The maximum Gasteiger partial charge on any atom is 0.419 e. The summed E-state index contributed by atoms with van der Waals surface area (Å²) in [6.07, 6.45) is -1.90. The van der Waals surface area contributed by atoms with Crippen LogP contribution in [0.15, 0.2) is 18.2 Å². The Morgan fingerprint density at radius 2 is 1.81 bits per heavy atom. The monoisotopic (exact) mass is 306 g/mol. The standard InChI is InChI=1S/C15H18F4O2/c1-21-14(7-3-2-4-8-14)13(20)10-5-6-11(12(16)9-10)15(17,18)19/h5-6,9,13,20H,2-4,7-8H2,1H3. The van der Waals surface area contributed by atoms with Crippen molar-refractivity contribution >= 4 is 0 Å². The van der Waals surface area contributed by atoms with E-state index in [0.717, 1.165) is 31.4 Å². The smallest absolute Gasteiger partial charge is 0.385 e. The molecule has 1 atom stereocenters. The lowest BCUT2D eigenvalue weighted by Crippen LogP contribution is -2.40. The molecule has 0 saturated heterocycles. The minimum atomic E-state index is -4.74. The molecule has 0 radical (unpaired) electrons. The van der Waals surface area contributed by atoms with Gasteiger partial charge in [0.25, 0.3) is 0 Å². The summed E-state index contributed by atoms with van der Waals surface area (Å²) in [5, 5.41) is 10.4. The Labute approximate surface area is 120 Å². The van der Waals surface area contributed by atoms with E-state index >= 15 is 0 Å². The number of hydrogen-bond acceptors (Lipinski definition) is 2. The molecule has 1 fully saturated rings. The maximum absolute atomic E-state index is 13.6. The molecule has 1 aliphatic carbocycles. The molecule has 0 aromatic heterocycles. The highest BCUT2D eigenvalue weighted by Gasteiger charge is 2.41. The van der Waals surface area contributed by atoms with Gasteiger partial charge in [-0.15, -0.1) is 0 Å². The van der Waals surface area contributed by atoms with Crippen molar-refractivity contribution in [2.24, 2.45) is 0 Å². The second-order valence-corrected chi connectivity index (χ2v) is 5.47. The van der Waals surface area contributed by atoms with Crippen LogP contribution in [0.2, 0.25) is 0 Å². The lowest BCUT2D eigenvalue weighted by Gasteiger charge is -2.40. The van der Waals surface area contributed by atoms with E-state index < -0.39 is 29.3 Å². The van der Waals surface area contributed by atoms with Crippen LogP contribution in [0.3, 0.4) is 0 Å². The van der Waals surface area contributed by atoms with Crippen molar-refractivity contribution in [3.8, 4) is 0 Å². The maximum atomic E-state index is 13.6. The summed E-state index contributed by atoms with van der Waals surface area (Å²) in [6, 6.07) is 2.54. The van der Waals surface area contributed by atoms with Crippen molar-refractivity contribution in [1.29, 1.82) is 0 Å². The summed E-state index contributed by atoms with van der Waals surface area (Å²) in [5.74, 6) is -1.37. The molecule has 0 spiro atoms. The van der Waals surface area contributed by atoms with Crippen LogP contribution in [-0.2, 0) is 10.9 Å². The zero-order chi connectivity index (χ0) is 15.7. The number of methoxy groups -OCH3 is 1. The molecule has 1 aliphatic rings. The third-order valence-electron chi connectivity index (χ3n) is 4.22. The first-order valence-electron chi connectivity index (χ1n) is 6.90. The van der Waals surface area contributed by atoms with Crippen LogP contribution >= 0.6 is 0 Å². The Bertz CT molecular complexity index is 493. The van der Waals surface area contributed by atoms with Crippen LogP contribution in [0.1, 0.15) is 49.3 Å². The summed E-state index contributed by atoms with van der Waals surface area (Å²) in [5.41, 5.74) is -2.05. The molecule has 118 valence electrons. The minimum Gasteiger partial charge on any atom is -0.385 e. The first-order chi connectivity index (χ1) is 9.80. The van der Waals surface area contributed by atoms with Gasteiger partial charge in [0.15, 0.2) is 0 Å². The van der Waals surface area contributed by atoms with Crippen molar-refractivity contribution in [3.05, 3.63) is 35.1 Å². The number of aliphatic hydroxyl groups is 1. The number of rotatable bonds is 3. The van der Waals surface area contributed by atoms with Gasteiger partial charge in [-0.1, -0.05) is 25.3 Å². The quantitative estimate of drug-likeness (QED) is 0.847. The van der Waals surface area contributed by atoms with E-state index in [9.17, 15) is 22.7 Å². The topological polar surface area (TPSA) is 29.5 Å². The first-order valence-corrected chi connectivity index (χ1v) is 6.90. The van der Waals surface area contributed by atoms with Crippen molar-refractivity contribution in [3.63, 3.8) is 0 Å². The number of benzene rings is 1. The van der Waals surface area contributed by atoms with E-state index in [1.54, 1.807) is 0 Å². The van der Waals surface area contributed by atoms with E-state index in [1.807, 2.05) is 0 Å². The highest BCUT2D eigenvalue weighted by molar-refractivity contribution is 5.29. The van der Waals surface area contributed by atoms with Crippen LogP contribution in [-0.4, -0.2) is 17.8 Å². The van der Waals surface area contributed by atoms with Crippen molar-refractivity contribution < 1.29 is 27.4 Å². The molecule has 0 amide bonds. The van der Waals surface area contributed by atoms with Gasteiger partial charge < -0.3 is 9.84 Å². The van der Waals surface area contributed by atoms with Crippen molar-refractivity contribution in [1.82, 2.24) is 0 Å². The molecule has 2 nitrogen and oxygen atoms in total. The van der Waals surface area contributed by atoms with E-state index in [1.165, 1.54) is 7.11 Å². The average molecular weight is 306 g/mol. The van der Waals surface area contributed by atoms with Gasteiger partial charge in [0.1, 0.15) is 11.9 Å². The lowest BCUT2D eigenvalue weighted by atomic mass is 9.78. The van der Waals surface area contributed by atoms with Crippen LogP contribution in [0, 0.1) is 5.82 Å². The SMILES string of the molecule is COC1(C(O)c2ccc(C(F)(F)F)c(F)c2)CCCCC1. The molecule has 0 aliphatic heterocycles. The zero-order valence-electron chi connectivity index (χ0n) is 11.7. The predicted molar refractivity (Wildman–Crippen MR) is 69.2 cm³/mol. The Hall–Kier alpha value is -1.14. The average Bonchev–Trinajstić information content (AvgIpc) is 2.45. The Kier molecular flexibility index (Phi) is 4.58. The predicted octanol–water partition coefficient (Wildman–Crippen LogP) is 4.23. The third-order valence-corrected chi connectivity index (χ3v) is 4.22. The molecule has 1 aromatic carbocycles. The van der Waals surface area contributed by atoms with Gasteiger partial charge in [-0.05, 0) is 30.5 Å². The van der Waals surface area contributed by atoms with E-state index in [-0.39, 0.29) is 5.56 Å². The zero-order valence-corrected chi connectivity index (χ0v) is 11.7. The van der Waals surface area contributed by atoms with E-state index in [2.05, 4.69) is 0 Å². The molecule has 1 aromatic rings. The molecule has 0 heterocycles. The largest absolute Gasteiger partial charge is 0.419 e. The fourth-order valence-corrected chi connectivity index (χ4v) is 2.97. The van der Waals surface area contributed by atoms with Gasteiger partial charge in [-0.3, -0.25) is 0 Å². The van der Waals surface area contributed by atoms with Crippen LogP contribution in [0.5, 0.6) is 0 Å². The molecule has 21 heavy (non-hydrogen) atoms. The van der Waals surface area contributed by atoms with Gasteiger partial charge >= 0.3 is 6.18 Å². The Balaban J connectivity index is 2.31. The van der Waals surface area contributed by atoms with Gasteiger partial charge in [0.05, 0.1) is 11.2 Å². The van der Waals surface area contributed by atoms with Crippen LogP contribution in [0.25, 0.3) is 0 Å². The number of alkyl halides is 3. The fourth-order valence-electron chi connectivity index (χ4n) is 2.97. The van der Waals surface area contributed by atoms with Gasteiger partial charge in [0, 0.05) is 7.11 Å². The summed E-state index contributed by atoms with van der Waals surface area (Å²) in [4.78, 5) is 0. The molecular weight excluding hydrogens is 288 g/mol. The fraction of sp³-hybridized carbons (Fsp3) is 0.600. The number of hydrogen-bond donors (Lipinski definition) is 1. The second kappa shape index (κ2) is 5.93. The van der Waals surface area contributed by atoms with E-state index in [4.69, 9.17) is 4.74 Å². The molecule has 1 saturated carbocycles. The first kappa shape index (κ1) is 16.2. The summed E-state index contributed by atoms with van der Waals surface area (Å²) >= 11 is 0. The van der Waals surface area contributed by atoms with E-state index in [0.29, 0.717) is 18.9 Å². The van der Waals surface area contributed by atoms with Gasteiger partial charge in [-0.2, -0.15) is 13.2 Å². The normalized spacial score (nSPS) is 20.3. The molecule has 1 unspecified atom stereocenters. The molecule has 2 rings (SSSR count). The van der Waals surface area contributed by atoms with Crippen molar-refractivity contribution in [2.45, 2.75) is 50.0 Å². The highest BCUT2D eigenvalue weighted by Crippen LogP contribution is 2.42. The molecule has 6 heteroatoms. The van der Waals surface area contributed by atoms with Crippen molar-refractivity contribution in [2.75, 3.05) is 7.11 Å². The second-order valence-electron chi connectivity index (χ2n) is 5.47. The molecular formula is C15H18F4O2. The number of aliphatic hydroxyl groups excluding tert-OH is 1. The number of halogens is 4. The molecule has 1 N–H and O–H groups in total. The minimum absolute atomic E-state index is 0.115. The lowest BCUT2D eigenvalue weighted by molar-refractivity contribution is -0.140. The van der Waals surface area contributed by atoms with Gasteiger partial charge in [-0.25, -0.2) is 4.39 Å². The Morgan fingerprint density at radius 3 is 2.29 bits per heavy atom. The van der Waals surface area contributed by atoms with Gasteiger partial charge in [0.2, 0.25) is 0 Å². The Morgan fingerprint density at radius 1 is 1.19 bits per heavy atom. The highest BCUT2D eigenvalue weighted by atomic mass is 19.4. The third kappa shape index (κ3) is 3.21. The summed E-state index contributed by atoms with van der Waals surface area (Å²) < 4.78 is 56.7. The summed E-state index contributed by atoms with van der Waals surface area (Å²) in [7, 11) is 1.47. The number of ether oxygens (including phenoxy) is 1.